The zero-order valence-electron chi connectivity index (χ0n) is 11.3. The lowest BCUT2D eigenvalue weighted by Crippen LogP contribution is -2.11. The molecule has 2 rings (SSSR count). The minimum atomic E-state index is 0.559. The number of hydrogen-bond donors (Lipinski definition) is 1. The Kier molecular flexibility index (Phi) is 3.87. The summed E-state index contributed by atoms with van der Waals surface area (Å²) in [6, 6.07) is 6.07. The number of anilines is 1. The Morgan fingerprint density at radius 1 is 1.39 bits per heavy atom. The number of hydrogen-bond acceptors (Lipinski definition) is 3. The summed E-state index contributed by atoms with van der Waals surface area (Å²) in [7, 11) is 0. The maximum absolute atomic E-state index is 5.96. The number of rotatable bonds is 5. The van der Waals surface area contributed by atoms with E-state index in [0.29, 0.717) is 18.5 Å². The van der Waals surface area contributed by atoms with Gasteiger partial charge in [-0.25, -0.2) is 4.98 Å². The molecule has 0 spiro atoms. The molecule has 1 heterocycles. The summed E-state index contributed by atoms with van der Waals surface area (Å²) >= 11 is 0. The fraction of sp³-hybridized carbons (Fsp3) is 0.500. The van der Waals surface area contributed by atoms with Gasteiger partial charge < -0.3 is 15.0 Å². The molecular formula is C14H21N3O. The largest absolute Gasteiger partial charge is 0.379 e. The maximum atomic E-state index is 5.96. The van der Waals surface area contributed by atoms with Crippen LogP contribution in [0.1, 0.15) is 19.4 Å². The molecule has 0 saturated carbocycles. The number of para-hydroxylation sites is 1. The van der Waals surface area contributed by atoms with E-state index in [4.69, 9.17) is 10.5 Å². The first-order chi connectivity index (χ1) is 8.59. The smallest absolute Gasteiger partial charge is 0.201 e. The molecule has 0 aliphatic carbocycles. The fourth-order valence-electron chi connectivity index (χ4n) is 2.08. The zero-order valence-corrected chi connectivity index (χ0v) is 11.3. The molecule has 0 aliphatic rings. The molecule has 1 aromatic carbocycles. The Labute approximate surface area is 108 Å². The van der Waals surface area contributed by atoms with Crippen LogP contribution in [0.2, 0.25) is 0 Å². The lowest BCUT2D eigenvalue weighted by molar-refractivity contribution is 0.104. The minimum absolute atomic E-state index is 0.559. The van der Waals surface area contributed by atoms with Gasteiger partial charge in [0.15, 0.2) is 0 Å². The van der Waals surface area contributed by atoms with E-state index >= 15 is 0 Å². The Morgan fingerprint density at radius 2 is 2.17 bits per heavy atom. The average Bonchev–Trinajstić information content (AvgIpc) is 2.62. The predicted octanol–water partition coefficient (Wildman–Crippen LogP) is 2.60. The van der Waals surface area contributed by atoms with Crippen LogP contribution in [-0.4, -0.2) is 22.8 Å². The predicted molar refractivity (Wildman–Crippen MR) is 74.5 cm³/mol. The van der Waals surface area contributed by atoms with Crippen LogP contribution >= 0.6 is 0 Å². The van der Waals surface area contributed by atoms with E-state index in [0.717, 1.165) is 24.2 Å². The number of aromatic nitrogens is 2. The quantitative estimate of drug-likeness (QED) is 0.826. The highest BCUT2D eigenvalue weighted by molar-refractivity contribution is 5.81. The van der Waals surface area contributed by atoms with Gasteiger partial charge in [-0.05, 0) is 24.5 Å². The summed E-state index contributed by atoms with van der Waals surface area (Å²) < 4.78 is 7.64. The second-order valence-corrected chi connectivity index (χ2v) is 5.03. The highest BCUT2D eigenvalue weighted by Gasteiger charge is 2.09. The number of aryl methyl sites for hydroxylation is 1. The van der Waals surface area contributed by atoms with Crippen LogP contribution in [0.4, 0.5) is 5.95 Å². The van der Waals surface area contributed by atoms with E-state index in [1.165, 1.54) is 5.56 Å². The molecule has 0 unspecified atom stereocenters. The van der Waals surface area contributed by atoms with Crippen molar-refractivity contribution in [1.82, 2.24) is 9.55 Å². The standard InChI is InChI=1S/C14H21N3O/c1-10(2)9-18-8-7-17-13-11(3)5-4-6-12(13)16-14(17)15/h4-6,10H,7-9H2,1-3H3,(H2,15,16). The van der Waals surface area contributed by atoms with E-state index in [-0.39, 0.29) is 0 Å². The summed E-state index contributed by atoms with van der Waals surface area (Å²) in [4.78, 5) is 4.37. The van der Waals surface area contributed by atoms with Crippen LogP contribution < -0.4 is 5.73 Å². The van der Waals surface area contributed by atoms with Crippen LogP contribution in [0.15, 0.2) is 18.2 Å². The van der Waals surface area contributed by atoms with Crippen molar-refractivity contribution in [3.05, 3.63) is 23.8 Å². The van der Waals surface area contributed by atoms with Crippen molar-refractivity contribution in [2.24, 2.45) is 5.92 Å². The van der Waals surface area contributed by atoms with Gasteiger partial charge in [0.05, 0.1) is 17.6 Å². The lowest BCUT2D eigenvalue weighted by Gasteiger charge is -2.10. The first-order valence-corrected chi connectivity index (χ1v) is 6.38. The summed E-state index contributed by atoms with van der Waals surface area (Å²) in [5, 5.41) is 0. The Balaban J connectivity index is 2.15. The van der Waals surface area contributed by atoms with E-state index in [9.17, 15) is 0 Å². The highest BCUT2D eigenvalue weighted by Crippen LogP contribution is 2.21. The molecule has 2 aromatic rings. The van der Waals surface area contributed by atoms with Gasteiger partial charge in [0.25, 0.3) is 0 Å². The van der Waals surface area contributed by atoms with Gasteiger partial charge in [-0.3, -0.25) is 0 Å². The van der Waals surface area contributed by atoms with Crippen LogP contribution in [0.3, 0.4) is 0 Å². The molecule has 0 aliphatic heterocycles. The van der Waals surface area contributed by atoms with E-state index in [1.807, 2.05) is 16.7 Å². The monoisotopic (exact) mass is 247 g/mol. The van der Waals surface area contributed by atoms with Gasteiger partial charge in [-0.2, -0.15) is 0 Å². The first-order valence-electron chi connectivity index (χ1n) is 6.38. The van der Waals surface area contributed by atoms with Crippen LogP contribution in [0.5, 0.6) is 0 Å². The number of nitrogens with zero attached hydrogens (tertiary/aromatic N) is 2. The number of benzene rings is 1. The Bertz CT molecular complexity index is 531. The lowest BCUT2D eigenvalue weighted by atomic mass is 10.2. The van der Waals surface area contributed by atoms with E-state index < -0.39 is 0 Å². The third-order valence-electron chi connectivity index (χ3n) is 2.91. The normalized spacial score (nSPS) is 11.6. The Morgan fingerprint density at radius 3 is 2.89 bits per heavy atom. The molecule has 0 saturated heterocycles. The number of fused-ring (bicyclic) bond motifs is 1. The van der Waals surface area contributed by atoms with Crippen molar-refractivity contribution in [3.63, 3.8) is 0 Å². The molecule has 18 heavy (non-hydrogen) atoms. The maximum Gasteiger partial charge on any atom is 0.201 e. The third kappa shape index (κ3) is 2.64. The van der Waals surface area contributed by atoms with Gasteiger partial charge in [-0.15, -0.1) is 0 Å². The Hall–Kier alpha value is -1.55. The molecule has 0 fully saturated rings. The molecule has 0 bridgehead atoms. The summed E-state index contributed by atoms with van der Waals surface area (Å²) in [5.74, 6) is 1.12. The van der Waals surface area contributed by atoms with Crippen LogP contribution in [0, 0.1) is 12.8 Å². The van der Waals surface area contributed by atoms with Crippen LogP contribution in [0.25, 0.3) is 11.0 Å². The SMILES string of the molecule is Cc1cccc2nc(N)n(CCOCC(C)C)c12. The van der Waals surface area contributed by atoms with Gasteiger partial charge in [0.1, 0.15) is 0 Å². The molecule has 0 atom stereocenters. The number of ether oxygens (including phenoxy) is 1. The summed E-state index contributed by atoms with van der Waals surface area (Å²) in [6.45, 7) is 8.57. The van der Waals surface area contributed by atoms with Gasteiger partial charge in [-0.1, -0.05) is 26.0 Å². The number of nitrogens with two attached hydrogens (primary N) is 1. The van der Waals surface area contributed by atoms with Crippen molar-refractivity contribution in [3.8, 4) is 0 Å². The van der Waals surface area contributed by atoms with Crippen LogP contribution in [-0.2, 0) is 11.3 Å². The van der Waals surface area contributed by atoms with Crippen molar-refractivity contribution in [2.75, 3.05) is 18.9 Å². The molecule has 0 radical (unpaired) electrons. The van der Waals surface area contributed by atoms with Crippen molar-refractivity contribution in [2.45, 2.75) is 27.3 Å². The molecule has 0 amide bonds. The molecule has 4 nitrogen and oxygen atoms in total. The topological polar surface area (TPSA) is 53.1 Å². The van der Waals surface area contributed by atoms with E-state index in [1.54, 1.807) is 0 Å². The molecule has 2 N–H and O–H groups in total. The highest BCUT2D eigenvalue weighted by atomic mass is 16.5. The van der Waals surface area contributed by atoms with Gasteiger partial charge >= 0.3 is 0 Å². The van der Waals surface area contributed by atoms with Gasteiger partial charge in [0, 0.05) is 13.2 Å². The second kappa shape index (κ2) is 5.40. The van der Waals surface area contributed by atoms with Gasteiger partial charge in [0.2, 0.25) is 5.95 Å². The molecular weight excluding hydrogens is 226 g/mol. The second-order valence-electron chi connectivity index (χ2n) is 5.03. The van der Waals surface area contributed by atoms with Crippen molar-refractivity contribution in [1.29, 1.82) is 0 Å². The molecule has 4 heteroatoms. The van der Waals surface area contributed by atoms with Crippen molar-refractivity contribution < 1.29 is 4.74 Å². The van der Waals surface area contributed by atoms with Crippen molar-refractivity contribution >= 4 is 17.0 Å². The number of imidazole rings is 1. The zero-order chi connectivity index (χ0) is 13.1. The first kappa shape index (κ1) is 12.9. The number of nitrogen functional groups attached to an aromatic ring is 1. The molecule has 1 aromatic heterocycles. The van der Waals surface area contributed by atoms with E-state index in [2.05, 4.69) is 31.8 Å². The fourth-order valence-corrected chi connectivity index (χ4v) is 2.08. The average molecular weight is 247 g/mol. The summed E-state index contributed by atoms with van der Waals surface area (Å²) in [6.07, 6.45) is 0. The minimum Gasteiger partial charge on any atom is -0.379 e. The third-order valence-corrected chi connectivity index (χ3v) is 2.91. The summed E-state index contributed by atoms with van der Waals surface area (Å²) in [5.41, 5.74) is 9.22. The molecule has 98 valence electrons.